The van der Waals surface area contributed by atoms with Gasteiger partial charge in [-0.3, -0.25) is 4.57 Å². The Bertz CT molecular complexity index is 756. The molecule has 1 aromatic carbocycles. The van der Waals surface area contributed by atoms with E-state index >= 15 is 0 Å². The van der Waals surface area contributed by atoms with Crippen LogP contribution in [0.1, 0.15) is 52.5 Å². The molecule has 0 bridgehead atoms. The quantitative estimate of drug-likeness (QED) is 0.501. The Kier molecular flexibility index (Phi) is 6.18. The highest BCUT2D eigenvalue weighted by Gasteiger charge is 2.52. The SMILES string of the molecule is CCOP(=O)(CC1=NOC(C)(c2ccc(F)cc2)N1CC1(CC)CC1)OCC. The highest BCUT2D eigenvalue weighted by atomic mass is 31.2. The second kappa shape index (κ2) is 8.13. The molecule has 1 fully saturated rings. The molecule has 0 spiro atoms. The number of hydrogen-bond acceptors (Lipinski definition) is 6. The van der Waals surface area contributed by atoms with Crippen LogP contribution in [0.25, 0.3) is 0 Å². The molecule has 0 aromatic heterocycles. The fourth-order valence-electron chi connectivity index (χ4n) is 3.64. The van der Waals surface area contributed by atoms with E-state index in [0.717, 1.165) is 31.4 Å². The Morgan fingerprint density at radius 3 is 2.29 bits per heavy atom. The van der Waals surface area contributed by atoms with E-state index in [4.69, 9.17) is 13.9 Å². The minimum absolute atomic E-state index is 0.0469. The van der Waals surface area contributed by atoms with Gasteiger partial charge in [0.05, 0.1) is 13.2 Å². The molecular formula is C20H30FN2O4P. The predicted molar refractivity (Wildman–Crippen MR) is 107 cm³/mol. The van der Waals surface area contributed by atoms with Crippen LogP contribution in [0.2, 0.25) is 0 Å². The summed E-state index contributed by atoms with van der Waals surface area (Å²) in [7, 11) is -3.33. The van der Waals surface area contributed by atoms with Gasteiger partial charge in [-0.1, -0.05) is 24.2 Å². The van der Waals surface area contributed by atoms with Crippen molar-refractivity contribution in [1.29, 1.82) is 0 Å². The van der Waals surface area contributed by atoms with Gasteiger partial charge in [-0.15, -0.1) is 0 Å². The van der Waals surface area contributed by atoms with E-state index in [1.165, 1.54) is 12.1 Å². The van der Waals surface area contributed by atoms with Gasteiger partial charge in [-0.25, -0.2) is 4.39 Å². The van der Waals surface area contributed by atoms with Crippen molar-refractivity contribution in [2.24, 2.45) is 10.6 Å². The van der Waals surface area contributed by atoms with Crippen LogP contribution in [0.15, 0.2) is 29.4 Å². The number of halogens is 1. The molecule has 6 nitrogen and oxygen atoms in total. The van der Waals surface area contributed by atoms with Gasteiger partial charge in [-0.05, 0) is 50.7 Å². The van der Waals surface area contributed by atoms with Crippen LogP contribution in [-0.2, 0) is 24.2 Å². The molecule has 1 unspecified atom stereocenters. The second-order valence-corrected chi connectivity index (χ2v) is 9.69. The van der Waals surface area contributed by atoms with Gasteiger partial charge in [0.1, 0.15) is 12.0 Å². The fraction of sp³-hybridized carbons (Fsp3) is 0.650. The number of amidine groups is 1. The largest absolute Gasteiger partial charge is 0.361 e. The van der Waals surface area contributed by atoms with Crippen molar-refractivity contribution in [1.82, 2.24) is 4.90 Å². The average molecular weight is 412 g/mol. The van der Waals surface area contributed by atoms with Crippen LogP contribution in [-0.4, -0.2) is 36.7 Å². The topological polar surface area (TPSA) is 60.4 Å². The third-order valence-corrected chi connectivity index (χ3v) is 7.70. The maximum Gasteiger partial charge on any atom is 0.338 e. The van der Waals surface area contributed by atoms with E-state index in [1.54, 1.807) is 26.0 Å². The number of oxime groups is 1. The lowest BCUT2D eigenvalue weighted by Gasteiger charge is -2.37. The standard InChI is InChI=1S/C20H30FN2O4P/c1-5-20(12-13-20)15-23-18(14-28(24,25-6-2)26-7-3)22-27-19(23,4)16-8-10-17(21)11-9-16/h8-11H,5-7,12-15H2,1-4H3. The van der Waals surface area contributed by atoms with Crippen molar-refractivity contribution < 1.29 is 22.8 Å². The van der Waals surface area contributed by atoms with E-state index < -0.39 is 13.3 Å². The highest BCUT2D eigenvalue weighted by molar-refractivity contribution is 7.54. The lowest BCUT2D eigenvalue weighted by atomic mass is 9.97. The zero-order valence-corrected chi connectivity index (χ0v) is 18.0. The Hall–Kier alpha value is -1.43. The molecule has 0 saturated heterocycles. The van der Waals surface area contributed by atoms with Crippen LogP contribution in [0.4, 0.5) is 4.39 Å². The zero-order chi connectivity index (χ0) is 20.4. The van der Waals surface area contributed by atoms with Gasteiger partial charge in [0.2, 0.25) is 5.72 Å². The number of rotatable bonds is 10. The third kappa shape index (κ3) is 4.27. The summed E-state index contributed by atoms with van der Waals surface area (Å²) in [5, 5.41) is 4.28. The van der Waals surface area contributed by atoms with Crippen LogP contribution in [0.5, 0.6) is 0 Å². The molecule has 156 valence electrons. The number of nitrogens with zero attached hydrogens (tertiary/aromatic N) is 2. The first-order chi connectivity index (χ1) is 13.3. The summed E-state index contributed by atoms with van der Waals surface area (Å²) in [4.78, 5) is 7.93. The summed E-state index contributed by atoms with van der Waals surface area (Å²) < 4.78 is 37.5. The Labute approximate surface area is 166 Å². The summed E-state index contributed by atoms with van der Waals surface area (Å²) in [6.45, 7) is 8.98. The smallest absolute Gasteiger partial charge is 0.338 e. The van der Waals surface area contributed by atoms with E-state index in [1.807, 2.05) is 6.92 Å². The van der Waals surface area contributed by atoms with Gasteiger partial charge in [-0.2, -0.15) is 0 Å². The summed E-state index contributed by atoms with van der Waals surface area (Å²) in [5.74, 6) is 0.249. The van der Waals surface area contributed by atoms with Crippen LogP contribution in [0.3, 0.4) is 0 Å². The van der Waals surface area contributed by atoms with E-state index in [9.17, 15) is 8.96 Å². The molecule has 1 aliphatic heterocycles. The first-order valence-electron chi connectivity index (χ1n) is 9.96. The Balaban J connectivity index is 1.91. The summed E-state index contributed by atoms with van der Waals surface area (Å²) >= 11 is 0. The number of benzene rings is 1. The first-order valence-corrected chi connectivity index (χ1v) is 11.7. The molecule has 1 aromatic rings. The van der Waals surface area contributed by atoms with Gasteiger partial charge in [0, 0.05) is 19.0 Å². The second-order valence-electron chi connectivity index (χ2n) is 7.63. The van der Waals surface area contributed by atoms with Crippen LogP contribution in [0, 0.1) is 11.2 Å². The predicted octanol–water partition coefficient (Wildman–Crippen LogP) is 5.10. The lowest BCUT2D eigenvalue weighted by Crippen LogP contribution is -2.47. The van der Waals surface area contributed by atoms with Crippen LogP contribution < -0.4 is 0 Å². The maximum atomic E-state index is 13.4. The van der Waals surface area contributed by atoms with Crippen molar-refractivity contribution in [3.8, 4) is 0 Å². The first kappa shape index (κ1) is 21.3. The summed E-state index contributed by atoms with van der Waals surface area (Å²) in [6, 6.07) is 6.24. The van der Waals surface area contributed by atoms with Gasteiger partial charge in [0.15, 0.2) is 5.84 Å². The molecule has 1 atom stereocenters. The van der Waals surface area contributed by atoms with Gasteiger partial charge >= 0.3 is 7.60 Å². The lowest BCUT2D eigenvalue weighted by molar-refractivity contribution is -0.0959. The zero-order valence-electron chi connectivity index (χ0n) is 17.1. The van der Waals surface area contributed by atoms with E-state index in [-0.39, 0.29) is 17.4 Å². The maximum absolute atomic E-state index is 13.4. The highest BCUT2D eigenvalue weighted by Crippen LogP contribution is 2.54. The minimum atomic E-state index is -3.33. The Morgan fingerprint density at radius 2 is 1.79 bits per heavy atom. The summed E-state index contributed by atoms with van der Waals surface area (Å²) in [6.07, 6.45) is 3.37. The summed E-state index contributed by atoms with van der Waals surface area (Å²) in [5.41, 5.74) is 0.107. The fourth-order valence-corrected chi connectivity index (χ4v) is 5.26. The normalized spacial score (nSPS) is 23.5. The molecular weight excluding hydrogens is 382 g/mol. The third-order valence-electron chi connectivity index (χ3n) is 5.72. The van der Waals surface area contributed by atoms with Crippen molar-refractivity contribution in [3.63, 3.8) is 0 Å². The monoisotopic (exact) mass is 412 g/mol. The van der Waals surface area contributed by atoms with E-state index in [2.05, 4.69) is 17.0 Å². The molecule has 8 heteroatoms. The van der Waals surface area contributed by atoms with Crippen molar-refractivity contribution >= 4 is 13.4 Å². The molecule has 0 amide bonds. The minimum Gasteiger partial charge on any atom is -0.361 e. The van der Waals surface area contributed by atoms with Gasteiger partial charge < -0.3 is 18.8 Å². The van der Waals surface area contributed by atoms with Crippen molar-refractivity contribution in [3.05, 3.63) is 35.6 Å². The molecule has 2 aliphatic rings. The van der Waals surface area contributed by atoms with Crippen molar-refractivity contribution in [2.75, 3.05) is 25.9 Å². The average Bonchev–Trinajstić information content (AvgIpc) is 3.38. The number of hydrogen-bond donors (Lipinski definition) is 0. The molecule has 1 saturated carbocycles. The van der Waals surface area contributed by atoms with Crippen molar-refractivity contribution in [2.45, 2.75) is 52.7 Å². The molecule has 28 heavy (non-hydrogen) atoms. The van der Waals surface area contributed by atoms with E-state index in [0.29, 0.717) is 19.0 Å². The molecule has 1 aliphatic carbocycles. The van der Waals surface area contributed by atoms with Crippen LogP contribution >= 0.6 is 7.60 Å². The molecule has 0 N–H and O–H groups in total. The molecule has 0 radical (unpaired) electrons. The Morgan fingerprint density at radius 1 is 1.18 bits per heavy atom. The molecule has 3 rings (SSSR count). The molecule has 1 heterocycles. The van der Waals surface area contributed by atoms with Gasteiger partial charge in [0.25, 0.3) is 0 Å².